The van der Waals surface area contributed by atoms with Crippen molar-refractivity contribution in [3.8, 4) is 5.75 Å². The average molecular weight is 558 g/mol. The van der Waals surface area contributed by atoms with Crippen molar-refractivity contribution in [1.29, 1.82) is 0 Å². The molecular formula is C30H38F3N5O2. The van der Waals surface area contributed by atoms with Crippen LogP contribution in [0.5, 0.6) is 5.75 Å². The zero-order valence-corrected chi connectivity index (χ0v) is 23.3. The first-order valence-electron chi connectivity index (χ1n) is 14.0. The maximum atomic E-state index is 14.0. The maximum absolute atomic E-state index is 14.0. The quantitative estimate of drug-likeness (QED) is 0.401. The van der Waals surface area contributed by atoms with Gasteiger partial charge in [0, 0.05) is 19.5 Å². The van der Waals surface area contributed by atoms with E-state index in [4.69, 9.17) is 10.5 Å². The second kappa shape index (κ2) is 11.0. The summed E-state index contributed by atoms with van der Waals surface area (Å²) in [5, 5.41) is 4.66. The van der Waals surface area contributed by atoms with E-state index >= 15 is 0 Å². The molecule has 5 rings (SSSR count). The number of imidazole rings is 1. The number of ether oxygens (including phenoxy) is 1. The number of aromatic nitrogens is 3. The normalized spacial score (nSPS) is 26.7. The molecular weight excluding hydrogens is 519 g/mol. The highest BCUT2D eigenvalue weighted by Crippen LogP contribution is 2.44. The molecule has 10 heteroatoms. The number of carbonyl (C=O) groups is 1. The largest absolute Gasteiger partial charge is 0.497 e. The topological polar surface area (TPSA) is 85.8 Å². The lowest BCUT2D eigenvalue weighted by Gasteiger charge is -2.44. The standard InChI is InChI=1S/C30H38F3N5O2/c1-19-4-8-21(9-5-19)27(34)25-18-38-26(35-25)13-10-23(36-38)15-29(2)14-22(30(31,32)33)17-37(28(29)39)16-20-6-11-24(40-3)12-7-20/h6-7,10-13,18-19,21-22,27H,4-5,8-9,14-17,34H2,1-3H3/t19?,21?,22-,27+,29+/m1/s1. The highest BCUT2D eigenvalue weighted by Gasteiger charge is 2.52. The Morgan fingerprint density at radius 3 is 2.48 bits per heavy atom. The van der Waals surface area contributed by atoms with Gasteiger partial charge in [-0.3, -0.25) is 4.79 Å². The Kier molecular flexibility index (Phi) is 7.83. The van der Waals surface area contributed by atoms with Gasteiger partial charge in [-0.25, -0.2) is 9.50 Å². The summed E-state index contributed by atoms with van der Waals surface area (Å²) in [4.78, 5) is 19.7. The van der Waals surface area contributed by atoms with E-state index in [1.54, 1.807) is 54.9 Å². The van der Waals surface area contributed by atoms with Crippen LogP contribution >= 0.6 is 0 Å². The third-order valence-corrected chi connectivity index (χ3v) is 8.81. The van der Waals surface area contributed by atoms with E-state index in [0.717, 1.165) is 42.9 Å². The minimum Gasteiger partial charge on any atom is -0.497 e. The van der Waals surface area contributed by atoms with Gasteiger partial charge >= 0.3 is 6.18 Å². The first-order valence-corrected chi connectivity index (χ1v) is 14.0. The van der Waals surface area contributed by atoms with Gasteiger partial charge in [-0.15, -0.1) is 0 Å². The smallest absolute Gasteiger partial charge is 0.393 e. The number of rotatable bonds is 7. The molecule has 0 spiro atoms. The number of likely N-dealkylation sites (tertiary alicyclic amines) is 1. The number of nitrogens with two attached hydrogens (primary N) is 1. The van der Waals surface area contributed by atoms with Crippen molar-refractivity contribution in [2.24, 2.45) is 28.9 Å². The molecule has 2 aromatic heterocycles. The number of piperidine rings is 1. The number of amides is 1. The molecule has 3 aromatic rings. The molecule has 1 saturated heterocycles. The Labute approximate surface area is 232 Å². The summed E-state index contributed by atoms with van der Waals surface area (Å²) in [5.41, 5.74) is 8.02. The molecule has 0 radical (unpaired) electrons. The van der Waals surface area contributed by atoms with E-state index in [2.05, 4.69) is 17.0 Å². The van der Waals surface area contributed by atoms with E-state index in [-0.39, 0.29) is 37.9 Å². The van der Waals surface area contributed by atoms with Crippen LogP contribution in [-0.4, -0.2) is 45.2 Å². The maximum Gasteiger partial charge on any atom is 0.393 e. The Balaban J connectivity index is 1.36. The summed E-state index contributed by atoms with van der Waals surface area (Å²) in [6, 6.07) is 10.4. The van der Waals surface area contributed by atoms with Crippen molar-refractivity contribution >= 4 is 11.6 Å². The molecule has 40 heavy (non-hydrogen) atoms. The molecule has 1 aliphatic heterocycles. The molecule has 2 N–H and O–H groups in total. The van der Waals surface area contributed by atoms with Crippen molar-refractivity contribution in [2.45, 2.75) is 71.1 Å². The fourth-order valence-electron chi connectivity index (χ4n) is 6.36. The lowest BCUT2D eigenvalue weighted by molar-refractivity contribution is -0.202. The highest BCUT2D eigenvalue weighted by atomic mass is 19.4. The number of methoxy groups -OCH3 is 1. The molecule has 2 aliphatic rings. The van der Waals surface area contributed by atoms with Gasteiger partial charge in [0.1, 0.15) is 5.75 Å². The third kappa shape index (κ3) is 5.96. The van der Waals surface area contributed by atoms with Gasteiger partial charge < -0.3 is 15.4 Å². The fourth-order valence-corrected chi connectivity index (χ4v) is 6.36. The number of hydrogen-bond donors (Lipinski definition) is 1. The van der Waals surface area contributed by atoms with Crippen LogP contribution in [0.2, 0.25) is 0 Å². The average Bonchev–Trinajstić information content (AvgIpc) is 3.34. The van der Waals surface area contributed by atoms with Crippen LogP contribution in [0, 0.1) is 23.2 Å². The molecule has 0 unspecified atom stereocenters. The number of nitrogens with zero attached hydrogens (tertiary/aromatic N) is 4. The summed E-state index contributed by atoms with van der Waals surface area (Å²) in [5.74, 6) is -0.180. The van der Waals surface area contributed by atoms with E-state index < -0.39 is 17.5 Å². The van der Waals surface area contributed by atoms with E-state index in [9.17, 15) is 18.0 Å². The predicted octanol–water partition coefficient (Wildman–Crippen LogP) is 5.72. The van der Waals surface area contributed by atoms with E-state index in [0.29, 0.717) is 23.0 Å². The van der Waals surface area contributed by atoms with Crippen molar-refractivity contribution in [3.63, 3.8) is 0 Å². The monoisotopic (exact) mass is 557 g/mol. The molecule has 3 heterocycles. The molecule has 3 atom stereocenters. The van der Waals surface area contributed by atoms with E-state index in [1.165, 1.54) is 4.90 Å². The molecule has 1 saturated carbocycles. The van der Waals surface area contributed by atoms with Gasteiger partial charge in [0.05, 0.1) is 42.1 Å². The second-order valence-corrected chi connectivity index (χ2v) is 12.1. The van der Waals surface area contributed by atoms with Gasteiger partial charge in [0.2, 0.25) is 5.91 Å². The Hall–Kier alpha value is -3.14. The molecule has 7 nitrogen and oxygen atoms in total. The fraction of sp³-hybridized carbons (Fsp3) is 0.567. The van der Waals surface area contributed by atoms with Gasteiger partial charge in [-0.1, -0.05) is 38.8 Å². The number of hydrogen-bond acceptors (Lipinski definition) is 5. The van der Waals surface area contributed by atoms with Crippen LogP contribution in [0.15, 0.2) is 42.6 Å². The zero-order valence-electron chi connectivity index (χ0n) is 23.3. The number of halogens is 3. The van der Waals surface area contributed by atoms with Crippen LogP contribution in [-0.2, 0) is 17.8 Å². The molecule has 1 amide bonds. The van der Waals surface area contributed by atoms with Crippen molar-refractivity contribution in [3.05, 3.63) is 59.5 Å². The van der Waals surface area contributed by atoms with Crippen LogP contribution in [0.1, 0.15) is 68.9 Å². The Morgan fingerprint density at radius 2 is 1.82 bits per heavy atom. The number of benzene rings is 1. The summed E-state index contributed by atoms with van der Waals surface area (Å²) >= 11 is 0. The van der Waals surface area contributed by atoms with Crippen LogP contribution in [0.3, 0.4) is 0 Å². The SMILES string of the molecule is COc1ccc(CN2C[C@H](C(F)(F)F)C[C@@](C)(Cc3ccc4nc([C@@H](N)C5CCC(C)CC5)cn4n3)C2=O)cc1. The van der Waals surface area contributed by atoms with Crippen LogP contribution in [0.25, 0.3) is 5.65 Å². The van der Waals surface area contributed by atoms with Crippen molar-refractivity contribution in [2.75, 3.05) is 13.7 Å². The minimum absolute atomic E-state index is 0.0908. The Morgan fingerprint density at radius 1 is 1.12 bits per heavy atom. The number of fused-ring (bicyclic) bond motifs is 1. The summed E-state index contributed by atoms with van der Waals surface area (Å²) in [7, 11) is 1.55. The number of alkyl halides is 3. The molecule has 1 aliphatic carbocycles. The molecule has 2 fully saturated rings. The van der Waals surface area contributed by atoms with Gasteiger partial charge in [-0.05, 0) is 60.9 Å². The molecule has 216 valence electrons. The molecule has 1 aromatic carbocycles. The summed E-state index contributed by atoms with van der Waals surface area (Å²) in [6.07, 6.45) is 1.68. The predicted molar refractivity (Wildman–Crippen MR) is 145 cm³/mol. The molecule has 0 bridgehead atoms. The minimum atomic E-state index is -4.41. The van der Waals surface area contributed by atoms with Gasteiger partial charge in [0.15, 0.2) is 5.65 Å². The van der Waals surface area contributed by atoms with Gasteiger partial charge in [0.25, 0.3) is 0 Å². The van der Waals surface area contributed by atoms with E-state index in [1.807, 2.05) is 6.20 Å². The third-order valence-electron chi connectivity index (χ3n) is 8.81. The van der Waals surface area contributed by atoms with Crippen LogP contribution in [0.4, 0.5) is 13.2 Å². The van der Waals surface area contributed by atoms with Crippen LogP contribution < -0.4 is 10.5 Å². The van der Waals surface area contributed by atoms with Crippen molar-refractivity contribution < 1.29 is 22.7 Å². The first-order chi connectivity index (χ1) is 18.9. The lowest BCUT2D eigenvalue weighted by Crippen LogP contribution is -2.54. The van der Waals surface area contributed by atoms with Gasteiger partial charge in [-0.2, -0.15) is 18.3 Å². The Bertz CT molecular complexity index is 1330. The zero-order chi connectivity index (χ0) is 28.7. The lowest BCUT2D eigenvalue weighted by atomic mass is 9.72. The summed E-state index contributed by atoms with van der Waals surface area (Å²) < 4.78 is 48.9. The van der Waals surface area contributed by atoms with Crippen molar-refractivity contribution in [1.82, 2.24) is 19.5 Å². The summed E-state index contributed by atoms with van der Waals surface area (Å²) in [6.45, 7) is 3.63. The number of carbonyl (C=O) groups excluding carboxylic acids is 1. The second-order valence-electron chi connectivity index (χ2n) is 12.1. The highest BCUT2D eigenvalue weighted by molar-refractivity contribution is 5.83. The first kappa shape index (κ1) is 28.4.